The van der Waals surface area contributed by atoms with Gasteiger partial charge in [-0.3, -0.25) is 0 Å². The summed E-state index contributed by atoms with van der Waals surface area (Å²) in [5.74, 6) is 2.32. The van der Waals surface area contributed by atoms with Crippen LogP contribution in [-0.4, -0.2) is 24.9 Å². The van der Waals surface area contributed by atoms with Crippen LogP contribution < -0.4 is 0 Å². The summed E-state index contributed by atoms with van der Waals surface area (Å²) in [6.45, 7) is 0. The second kappa shape index (κ2) is 14.1. The first kappa shape index (κ1) is 35.4. The van der Waals surface area contributed by atoms with Crippen LogP contribution in [0.5, 0.6) is 0 Å². The highest BCUT2D eigenvalue weighted by atomic mass is 32.1. The zero-order chi connectivity index (χ0) is 41.4. The standard InChI is InChI=1S/C55H31N5O2S/c1-3-14-32(15-4-1)48-50-49(41-21-7-9-25-43(41)62-50)57-53(56-48)36-28-29-40-45(31-36)61-44-26-13-24-42(47(40)44)55-59-52(33-16-5-2-6-17-33)58-54(60-55)35-19-11-18-34(30-35)37-22-12-23-39-38-20-8-10-27-46(38)63-51(37)39/h1-31H. The molecule has 0 saturated heterocycles. The van der Waals surface area contributed by atoms with Gasteiger partial charge in [-0.2, -0.15) is 0 Å². The van der Waals surface area contributed by atoms with Crippen molar-refractivity contribution in [2.45, 2.75) is 0 Å². The van der Waals surface area contributed by atoms with Gasteiger partial charge in [-0.25, -0.2) is 24.9 Å². The molecular weight excluding hydrogens is 795 g/mol. The summed E-state index contributed by atoms with van der Waals surface area (Å²) < 4.78 is 15.5. The van der Waals surface area contributed by atoms with Crippen molar-refractivity contribution in [3.63, 3.8) is 0 Å². The van der Waals surface area contributed by atoms with Crippen molar-refractivity contribution < 1.29 is 8.83 Å². The zero-order valence-electron chi connectivity index (χ0n) is 33.4. The van der Waals surface area contributed by atoms with Gasteiger partial charge in [0.1, 0.15) is 28.0 Å². The largest absolute Gasteiger partial charge is 0.456 e. The van der Waals surface area contributed by atoms with E-state index in [1.807, 2.05) is 114 Å². The van der Waals surface area contributed by atoms with Gasteiger partial charge in [0.2, 0.25) is 0 Å². The van der Waals surface area contributed by atoms with Gasteiger partial charge in [0.05, 0.1) is 0 Å². The van der Waals surface area contributed by atoms with Crippen molar-refractivity contribution in [2.24, 2.45) is 0 Å². The van der Waals surface area contributed by atoms with Gasteiger partial charge < -0.3 is 8.83 Å². The van der Waals surface area contributed by atoms with Crippen LogP contribution in [0.1, 0.15) is 0 Å². The SMILES string of the molecule is c1ccc(-c2nc(-c3cccc(-c4cccc5c4sc4ccccc45)c3)nc(-c3cccc4oc5cc(-c6nc(-c7ccccc7)c7oc8ccccc8c7n6)ccc5c34)n2)cc1. The maximum Gasteiger partial charge on any atom is 0.180 e. The Balaban J connectivity index is 0.960. The van der Waals surface area contributed by atoms with Crippen LogP contribution >= 0.6 is 11.3 Å². The van der Waals surface area contributed by atoms with Crippen molar-refractivity contribution in [1.82, 2.24) is 24.9 Å². The number of para-hydroxylation sites is 1. The van der Waals surface area contributed by atoms with Gasteiger partial charge >= 0.3 is 0 Å². The number of hydrogen-bond acceptors (Lipinski definition) is 8. The average molecular weight is 826 g/mol. The van der Waals surface area contributed by atoms with E-state index < -0.39 is 0 Å². The first-order valence-corrected chi connectivity index (χ1v) is 21.6. The molecule has 0 spiro atoms. The molecule has 8 aromatic carbocycles. The highest BCUT2D eigenvalue weighted by Gasteiger charge is 2.22. The minimum absolute atomic E-state index is 0.557. The minimum atomic E-state index is 0.557. The van der Waals surface area contributed by atoms with Crippen molar-refractivity contribution in [2.75, 3.05) is 0 Å². The molecule has 0 radical (unpaired) electrons. The van der Waals surface area contributed by atoms with Crippen LogP contribution in [0, 0.1) is 0 Å². The third kappa shape index (κ3) is 5.84. The molecule has 0 fully saturated rings. The topological polar surface area (TPSA) is 90.7 Å². The fraction of sp³-hybridized carbons (Fsp3) is 0. The first-order valence-electron chi connectivity index (χ1n) is 20.7. The molecule has 0 saturated carbocycles. The van der Waals surface area contributed by atoms with Gasteiger partial charge in [-0.15, -0.1) is 11.3 Å². The van der Waals surface area contributed by atoms with E-state index in [1.165, 1.54) is 25.7 Å². The summed E-state index contributed by atoms with van der Waals surface area (Å²) in [6.07, 6.45) is 0. The molecule has 13 rings (SSSR count). The molecule has 0 aliphatic rings. The van der Waals surface area contributed by atoms with Gasteiger partial charge in [0.25, 0.3) is 0 Å². The summed E-state index contributed by atoms with van der Waals surface area (Å²) in [5.41, 5.74) is 11.1. The lowest BCUT2D eigenvalue weighted by molar-refractivity contribution is 0.667. The van der Waals surface area contributed by atoms with E-state index in [4.69, 9.17) is 33.8 Å². The van der Waals surface area contributed by atoms with Crippen molar-refractivity contribution in [3.05, 3.63) is 188 Å². The Hall–Kier alpha value is -8.33. The normalized spacial score (nSPS) is 11.8. The van der Waals surface area contributed by atoms with Gasteiger partial charge in [-0.05, 0) is 53.6 Å². The summed E-state index contributed by atoms with van der Waals surface area (Å²) >= 11 is 1.83. The Morgan fingerprint density at radius 3 is 1.84 bits per heavy atom. The van der Waals surface area contributed by atoms with E-state index in [-0.39, 0.29) is 0 Å². The molecule has 0 N–H and O–H groups in total. The van der Waals surface area contributed by atoms with Crippen LogP contribution in [0.3, 0.4) is 0 Å². The molecule has 13 aromatic rings. The van der Waals surface area contributed by atoms with Crippen molar-refractivity contribution in [3.8, 4) is 67.9 Å². The minimum Gasteiger partial charge on any atom is -0.456 e. The molecule has 0 amide bonds. The number of thiophene rings is 1. The molecule has 8 heteroatoms. The molecular formula is C55H31N5O2S. The smallest absolute Gasteiger partial charge is 0.180 e. The zero-order valence-corrected chi connectivity index (χ0v) is 34.2. The summed E-state index contributed by atoms with van der Waals surface area (Å²) in [5, 5.41) is 5.33. The number of benzene rings is 8. The average Bonchev–Trinajstić information content (AvgIpc) is 4.05. The maximum atomic E-state index is 6.64. The van der Waals surface area contributed by atoms with Crippen molar-refractivity contribution >= 4 is 75.5 Å². The third-order valence-electron chi connectivity index (χ3n) is 11.8. The molecule has 0 aliphatic carbocycles. The van der Waals surface area contributed by atoms with Crippen LogP contribution in [0.25, 0.3) is 132 Å². The third-order valence-corrected chi connectivity index (χ3v) is 13.0. The second-order valence-corrected chi connectivity index (χ2v) is 16.6. The molecule has 7 nitrogen and oxygen atoms in total. The van der Waals surface area contributed by atoms with E-state index in [1.54, 1.807) is 0 Å². The van der Waals surface area contributed by atoms with E-state index in [0.29, 0.717) is 34.5 Å². The van der Waals surface area contributed by atoms with Gasteiger partial charge in [-0.1, -0.05) is 146 Å². The van der Waals surface area contributed by atoms with E-state index in [9.17, 15) is 0 Å². The van der Waals surface area contributed by atoms with E-state index >= 15 is 0 Å². The predicted molar refractivity (Wildman–Crippen MR) is 255 cm³/mol. The summed E-state index contributed by atoms with van der Waals surface area (Å²) in [7, 11) is 0. The van der Waals surface area contributed by atoms with Gasteiger partial charge in [0, 0.05) is 64.1 Å². The molecule has 0 atom stereocenters. The van der Waals surface area contributed by atoms with Crippen LogP contribution in [0.15, 0.2) is 197 Å². The van der Waals surface area contributed by atoms with E-state index in [2.05, 4.69) is 84.9 Å². The first-order chi connectivity index (χ1) is 31.2. The van der Waals surface area contributed by atoms with Gasteiger partial charge in [0.15, 0.2) is 28.9 Å². The maximum absolute atomic E-state index is 6.64. The summed E-state index contributed by atoms with van der Waals surface area (Å²) in [4.78, 5) is 25.7. The Bertz CT molecular complexity index is 3930. The fourth-order valence-corrected chi connectivity index (χ4v) is 10.0. The number of aromatic nitrogens is 5. The van der Waals surface area contributed by atoms with E-state index in [0.717, 1.165) is 71.9 Å². The molecule has 0 aliphatic heterocycles. The number of furan rings is 2. The lowest BCUT2D eigenvalue weighted by atomic mass is 10.0. The quantitative estimate of drug-likeness (QED) is 0.165. The highest BCUT2D eigenvalue weighted by molar-refractivity contribution is 7.26. The molecule has 0 bridgehead atoms. The summed E-state index contributed by atoms with van der Waals surface area (Å²) in [6, 6.07) is 64.0. The number of nitrogens with zero attached hydrogens (tertiary/aromatic N) is 5. The monoisotopic (exact) mass is 825 g/mol. The Labute approximate surface area is 363 Å². The molecule has 63 heavy (non-hydrogen) atoms. The lowest BCUT2D eigenvalue weighted by Crippen LogP contribution is -2.00. The molecule has 0 unspecified atom stereocenters. The Kier molecular flexibility index (Phi) is 7.94. The second-order valence-electron chi connectivity index (χ2n) is 15.6. The molecule has 294 valence electrons. The molecule has 5 heterocycles. The predicted octanol–water partition coefficient (Wildman–Crippen LogP) is 14.8. The Morgan fingerprint density at radius 1 is 0.349 bits per heavy atom. The number of fused-ring (bicyclic) bond motifs is 9. The Morgan fingerprint density at radius 2 is 0.968 bits per heavy atom. The van der Waals surface area contributed by atoms with Crippen LogP contribution in [0.4, 0.5) is 0 Å². The van der Waals surface area contributed by atoms with Crippen molar-refractivity contribution in [1.29, 1.82) is 0 Å². The highest BCUT2D eigenvalue weighted by Crippen LogP contribution is 2.42. The van der Waals surface area contributed by atoms with Crippen LogP contribution in [0.2, 0.25) is 0 Å². The number of hydrogen-bond donors (Lipinski definition) is 0. The van der Waals surface area contributed by atoms with Crippen LogP contribution in [-0.2, 0) is 0 Å². The fourth-order valence-electron chi connectivity index (χ4n) is 8.81. The molecule has 5 aromatic heterocycles. The number of rotatable bonds is 6. The lowest BCUT2D eigenvalue weighted by Gasteiger charge is -2.10.